The number of amides is 2. The molecule has 0 aromatic rings. The van der Waals surface area contributed by atoms with Gasteiger partial charge in [0.25, 0.3) is 0 Å². The molecule has 5 atom stereocenters. The average molecular weight is 325 g/mol. The first-order chi connectivity index (χ1) is 10.8. The Kier molecular flexibility index (Phi) is 5.35. The van der Waals surface area contributed by atoms with E-state index in [4.69, 9.17) is 15.6 Å². The van der Waals surface area contributed by atoms with Crippen molar-refractivity contribution >= 4 is 11.8 Å². The highest BCUT2D eigenvalue weighted by Crippen LogP contribution is 2.26. The lowest BCUT2D eigenvalue weighted by Gasteiger charge is -2.33. The van der Waals surface area contributed by atoms with E-state index >= 15 is 0 Å². The van der Waals surface area contributed by atoms with E-state index in [2.05, 4.69) is 17.2 Å². The topological polar surface area (TPSA) is 145 Å². The molecule has 6 N–H and O–H groups in total. The van der Waals surface area contributed by atoms with Gasteiger partial charge in [0.2, 0.25) is 0 Å². The van der Waals surface area contributed by atoms with Crippen molar-refractivity contribution in [3.05, 3.63) is 11.8 Å². The summed E-state index contributed by atoms with van der Waals surface area (Å²) in [5.74, 6) is 5.22. The van der Waals surface area contributed by atoms with E-state index in [0.717, 1.165) is 4.90 Å². The van der Waals surface area contributed by atoms with Crippen molar-refractivity contribution < 1.29 is 29.6 Å². The third-order valence-electron chi connectivity index (χ3n) is 3.49. The number of carbonyl (C=O) groups is 2. The van der Waals surface area contributed by atoms with Gasteiger partial charge in [-0.05, 0) is 6.92 Å². The van der Waals surface area contributed by atoms with Crippen LogP contribution in [0.2, 0.25) is 0 Å². The van der Waals surface area contributed by atoms with Crippen molar-refractivity contribution in [3.8, 4) is 11.8 Å². The van der Waals surface area contributed by atoms with Crippen LogP contribution in [-0.4, -0.2) is 69.3 Å². The molecule has 0 bridgehead atoms. The fourth-order valence-electron chi connectivity index (χ4n) is 2.25. The lowest BCUT2D eigenvalue weighted by molar-refractivity contribution is -0.116. The van der Waals surface area contributed by atoms with Gasteiger partial charge in [0.15, 0.2) is 6.23 Å². The van der Waals surface area contributed by atoms with Crippen molar-refractivity contribution in [1.29, 1.82) is 0 Å². The normalized spacial score (nSPS) is 33.6. The molecule has 2 aliphatic rings. The Bertz CT molecular complexity index is 581. The minimum atomic E-state index is -1.39. The number of nitrogens with one attached hydrogen (secondary N) is 1. The summed E-state index contributed by atoms with van der Waals surface area (Å²) < 4.78 is 5.30. The van der Waals surface area contributed by atoms with Crippen molar-refractivity contribution in [3.63, 3.8) is 0 Å². The molecule has 0 aromatic carbocycles. The van der Waals surface area contributed by atoms with Gasteiger partial charge < -0.3 is 31.1 Å². The maximum Gasteiger partial charge on any atom is 0.325 e. The van der Waals surface area contributed by atoms with Crippen LogP contribution < -0.4 is 11.1 Å². The Morgan fingerprint density at radius 2 is 2.17 bits per heavy atom. The summed E-state index contributed by atoms with van der Waals surface area (Å²) in [4.78, 5) is 23.9. The number of aliphatic hydroxyl groups is 3. The first-order valence-electron chi connectivity index (χ1n) is 7.02. The third-order valence-corrected chi connectivity index (χ3v) is 3.49. The second-order valence-electron chi connectivity index (χ2n) is 5.33. The first-order valence-corrected chi connectivity index (χ1v) is 7.02. The molecule has 0 saturated carbocycles. The Morgan fingerprint density at radius 1 is 1.48 bits per heavy atom. The first kappa shape index (κ1) is 17.4. The van der Waals surface area contributed by atoms with Crippen LogP contribution in [0.3, 0.4) is 0 Å². The predicted octanol–water partition coefficient (Wildman–Crippen LogP) is -2.40. The minimum Gasteiger partial charge on any atom is -0.394 e. The van der Waals surface area contributed by atoms with Crippen LogP contribution in [0.15, 0.2) is 11.8 Å². The quantitative estimate of drug-likeness (QED) is 0.364. The molecule has 126 valence electrons. The molecule has 0 radical (unpaired) electrons. The second-order valence-corrected chi connectivity index (χ2v) is 5.33. The van der Waals surface area contributed by atoms with Crippen LogP contribution in [0, 0.1) is 11.8 Å². The lowest BCUT2D eigenvalue weighted by atomic mass is 10.1. The molecular weight excluding hydrogens is 306 g/mol. The van der Waals surface area contributed by atoms with E-state index in [1.807, 2.05) is 0 Å². The molecule has 9 heteroatoms. The van der Waals surface area contributed by atoms with Crippen LogP contribution >= 0.6 is 0 Å². The Morgan fingerprint density at radius 3 is 2.74 bits per heavy atom. The van der Waals surface area contributed by atoms with Gasteiger partial charge in [-0.15, -0.1) is 0 Å². The van der Waals surface area contributed by atoms with Gasteiger partial charge >= 0.3 is 6.03 Å². The van der Waals surface area contributed by atoms with Crippen LogP contribution in [0.25, 0.3) is 0 Å². The van der Waals surface area contributed by atoms with Crippen LogP contribution in [0.5, 0.6) is 0 Å². The van der Waals surface area contributed by atoms with E-state index in [9.17, 15) is 19.8 Å². The number of urea groups is 1. The Balaban J connectivity index is 2.22. The fraction of sp³-hybridized carbons (Fsp3) is 0.571. The summed E-state index contributed by atoms with van der Waals surface area (Å²) in [5.41, 5.74) is 6.08. The lowest BCUT2D eigenvalue weighted by Crippen LogP contribution is -2.56. The zero-order chi connectivity index (χ0) is 17.1. The van der Waals surface area contributed by atoms with Gasteiger partial charge in [0.05, 0.1) is 18.6 Å². The molecule has 0 spiro atoms. The van der Waals surface area contributed by atoms with Crippen molar-refractivity contribution in [2.45, 2.75) is 44.1 Å². The molecule has 2 aliphatic heterocycles. The summed E-state index contributed by atoms with van der Waals surface area (Å²) in [7, 11) is 0. The van der Waals surface area contributed by atoms with E-state index < -0.39 is 43.3 Å². The second kappa shape index (κ2) is 7.08. The minimum absolute atomic E-state index is 0.0475. The monoisotopic (exact) mass is 325 g/mol. The molecule has 5 unspecified atom stereocenters. The fourth-order valence-corrected chi connectivity index (χ4v) is 2.25. The molecular formula is C14H19N3O6. The number of nitrogens with two attached hydrogens (primary N) is 1. The summed E-state index contributed by atoms with van der Waals surface area (Å²) in [6.07, 6.45) is -4.40. The van der Waals surface area contributed by atoms with Crippen molar-refractivity contribution in [2.24, 2.45) is 5.73 Å². The zero-order valence-electron chi connectivity index (χ0n) is 12.5. The predicted molar refractivity (Wildman–Crippen MR) is 77.3 cm³/mol. The highest BCUT2D eigenvalue weighted by molar-refractivity contribution is 5.79. The standard InChI is InChI=1S/C14H19N3O6/c1-7(19)3-2-4-8-5-17(14(22)16-12(8)15)13-11(21)10(20)9(6-18)23-13/h5,9-13,18,20-21H,3,6,15H2,1H3,(H,16,22). The van der Waals surface area contributed by atoms with Gasteiger partial charge in [0.1, 0.15) is 30.3 Å². The van der Waals surface area contributed by atoms with Crippen LogP contribution in [0.1, 0.15) is 13.3 Å². The van der Waals surface area contributed by atoms with Crippen molar-refractivity contribution in [1.82, 2.24) is 10.2 Å². The van der Waals surface area contributed by atoms with E-state index in [1.165, 1.54) is 13.1 Å². The molecule has 0 aromatic heterocycles. The number of carbonyl (C=O) groups excluding carboxylic acids is 2. The average Bonchev–Trinajstić information content (AvgIpc) is 2.77. The zero-order valence-corrected chi connectivity index (χ0v) is 12.5. The molecule has 2 rings (SSSR count). The van der Waals surface area contributed by atoms with E-state index in [-0.39, 0.29) is 12.2 Å². The number of aliphatic hydroxyl groups excluding tert-OH is 3. The number of nitrogens with zero attached hydrogens (tertiary/aromatic N) is 1. The largest absolute Gasteiger partial charge is 0.394 e. The number of ketones is 1. The van der Waals surface area contributed by atoms with Gasteiger partial charge in [-0.25, -0.2) is 4.79 Å². The molecule has 2 amide bonds. The molecule has 1 saturated heterocycles. The molecule has 2 heterocycles. The molecule has 9 nitrogen and oxygen atoms in total. The van der Waals surface area contributed by atoms with Gasteiger partial charge in [-0.1, -0.05) is 11.8 Å². The number of Topliss-reactive ketones (excluding diaryl/α,β-unsaturated/α-hetero) is 1. The number of hydrogen-bond acceptors (Lipinski definition) is 7. The Hall–Kier alpha value is -1.96. The summed E-state index contributed by atoms with van der Waals surface area (Å²) in [6, 6.07) is -0.635. The summed E-state index contributed by atoms with van der Waals surface area (Å²) >= 11 is 0. The highest BCUT2D eigenvalue weighted by Gasteiger charge is 2.47. The van der Waals surface area contributed by atoms with Crippen LogP contribution in [0.4, 0.5) is 4.79 Å². The van der Waals surface area contributed by atoms with Gasteiger partial charge in [-0.3, -0.25) is 9.69 Å². The smallest absolute Gasteiger partial charge is 0.325 e. The maximum absolute atomic E-state index is 12.0. The van der Waals surface area contributed by atoms with Crippen molar-refractivity contribution in [2.75, 3.05) is 6.61 Å². The number of rotatable bonds is 3. The summed E-state index contributed by atoms with van der Waals surface area (Å²) in [5, 5.41) is 31.3. The van der Waals surface area contributed by atoms with Crippen LogP contribution in [-0.2, 0) is 9.53 Å². The van der Waals surface area contributed by atoms with E-state index in [0.29, 0.717) is 5.57 Å². The van der Waals surface area contributed by atoms with Gasteiger partial charge in [0, 0.05) is 6.20 Å². The number of ether oxygens (including phenoxy) is 1. The maximum atomic E-state index is 12.0. The highest BCUT2D eigenvalue weighted by atomic mass is 16.6. The number of hydrogen-bond donors (Lipinski definition) is 5. The third kappa shape index (κ3) is 3.69. The van der Waals surface area contributed by atoms with E-state index in [1.54, 1.807) is 0 Å². The van der Waals surface area contributed by atoms with Gasteiger partial charge in [-0.2, -0.15) is 0 Å². The SMILES string of the molecule is CC(=O)CC#CC1=CN(C2OC(CO)C(O)C2O)C(=O)NC1N. The summed E-state index contributed by atoms with van der Waals surface area (Å²) in [6.45, 7) is 0.899. The molecule has 1 fully saturated rings. The molecule has 23 heavy (non-hydrogen) atoms. The molecule has 0 aliphatic carbocycles. The Labute approximate surface area is 132 Å².